The second-order valence-electron chi connectivity index (χ2n) is 3.08. The predicted octanol–water partition coefficient (Wildman–Crippen LogP) is 0.540. The molecule has 0 saturated carbocycles. The van der Waals surface area contributed by atoms with E-state index in [2.05, 4.69) is 16.4 Å². The Bertz CT molecular complexity index is 354. The molecular weight excluding hydrogens is 152 g/mol. The van der Waals surface area contributed by atoms with E-state index >= 15 is 0 Å². The lowest BCUT2D eigenvalue weighted by Crippen LogP contribution is -2.14. The highest BCUT2D eigenvalue weighted by molar-refractivity contribution is 5.29. The summed E-state index contributed by atoms with van der Waals surface area (Å²) in [4.78, 5) is 14.3. The van der Waals surface area contributed by atoms with E-state index in [1.807, 2.05) is 6.92 Å². The quantitative estimate of drug-likeness (QED) is 0.636. The summed E-state index contributed by atoms with van der Waals surface area (Å²) in [5, 5.41) is 3.16. The van der Waals surface area contributed by atoms with Gasteiger partial charge in [0.15, 0.2) is 0 Å². The Labute approximate surface area is 70.8 Å². The lowest BCUT2D eigenvalue weighted by Gasteiger charge is -2.00. The molecule has 1 aliphatic heterocycles. The summed E-state index contributed by atoms with van der Waals surface area (Å²) in [5.41, 5.74) is 3.18. The van der Waals surface area contributed by atoms with Crippen molar-refractivity contribution in [1.82, 2.24) is 10.3 Å². The highest BCUT2D eigenvalue weighted by Crippen LogP contribution is 2.11. The molecule has 0 unspecified atom stereocenters. The molecule has 2 rings (SSSR count). The van der Waals surface area contributed by atoms with Gasteiger partial charge in [0.05, 0.1) is 0 Å². The molecule has 0 spiro atoms. The van der Waals surface area contributed by atoms with Gasteiger partial charge >= 0.3 is 0 Å². The average Bonchev–Trinajstić information content (AvgIpc) is 2.52. The maximum Gasteiger partial charge on any atom is 0.252 e. The lowest BCUT2D eigenvalue weighted by molar-refractivity contribution is 0.762. The number of aryl methyl sites for hydroxylation is 1. The Morgan fingerprint density at radius 1 is 1.50 bits per heavy atom. The number of H-pyrrole nitrogens is 1. The number of rotatable bonds is 1. The van der Waals surface area contributed by atoms with E-state index < -0.39 is 0 Å². The van der Waals surface area contributed by atoms with Crippen LogP contribution < -0.4 is 10.9 Å². The Morgan fingerprint density at radius 2 is 2.33 bits per heavy atom. The molecule has 0 aliphatic carbocycles. The third-order valence-electron chi connectivity index (χ3n) is 2.28. The molecule has 2 N–H and O–H groups in total. The van der Waals surface area contributed by atoms with Crippen LogP contribution in [0.4, 0.5) is 0 Å². The van der Waals surface area contributed by atoms with E-state index in [1.54, 1.807) is 0 Å². The van der Waals surface area contributed by atoms with E-state index in [9.17, 15) is 4.79 Å². The Morgan fingerprint density at radius 3 is 3.08 bits per heavy atom. The van der Waals surface area contributed by atoms with Crippen LogP contribution in [-0.4, -0.2) is 4.98 Å². The van der Waals surface area contributed by atoms with Crippen LogP contribution >= 0.6 is 0 Å². The molecule has 0 fully saturated rings. The number of nitrogens with one attached hydrogen (secondary N) is 2. The number of pyridine rings is 1. The molecular formula is C9H12N2O. The molecule has 64 valence electrons. The fraction of sp³-hybridized carbons (Fsp3) is 0.444. The summed E-state index contributed by atoms with van der Waals surface area (Å²) < 4.78 is 0. The minimum atomic E-state index is 0.0781. The fourth-order valence-electron chi connectivity index (χ4n) is 1.56. The summed E-state index contributed by atoms with van der Waals surface area (Å²) in [7, 11) is 0. The Hall–Kier alpha value is -1.09. The maximum atomic E-state index is 11.4. The van der Waals surface area contributed by atoms with Crippen LogP contribution in [0.3, 0.4) is 0 Å². The number of hydrogen-bond acceptors (Lipinski definition) is 2. The van der Waals surface area contributed by atoms with E-state index in [-0.39, 0.29) is 5.56 Å². The number of aromatic amines is 1. The van der Waals surface area contributed by atoms with Crippen molar-refractivity contribution in [3.8, 4) is 0 Å². The summed E-state index contributed by atoms with van der Waals surface area (Å²) in [6, 6.07) is 2.08. The van der Waals surface area contributed by atoms with E-state index in [0.29, 0.717) is 6.54 Å². The number of hydrogen-bond donors (Lipinski definition) is 2. The molecule has 1 aromatic rings. The standard InChI is InChI=1S/C9H12N2O/c1-2-7-3-6-4-10-5-8(6)9(12)11-7/h3,10H,2,4-5H2,1H3,(H,11,12). The van der Waals surface area contributed by atoms with Gasteiger partial charge in [-0.15, -0.1) is 0 Å². The van der Waals surface area contributed by atoms with Gasteiger partial charge in [0.1, 0.15) is 0 Å². The highest BCUT2D eigenvalue weighted by Gasteiger charge is 2.13. The van der Waals surface area contributed by atoms with Crippen LogP contribution in [0, 0.1) is 0 Å². The molecule has 12 heavy (non-hydrogen) atoms. The minimum absolute atomic E-state index is 0.0781. The van der Waals surface area contributed by atoms with Crippen molar-refractivity contribution < 1.29 is 0 Å². The summed E-state index contributed by atoms with van der Waals surface area (Å²) in [6.07, 6.45) is 0.891. The molecule has 0 bridgehead atoms. The first kappa shape index (κ1) is 7.55. The molecule has 1 aromatic heterocycles. The van der Waals surface area contributed by atoms with Crippen molar-refractivity contribution in [3.05, 3.63) is 33.2 Å². The smallest absolute Gasteiger partial charge is 0.252 e. The zero-order chi connectivity index (χ0) is 8.55. The van der Waals surface area contributed by atoms with Crippen LogP contribution in [0.5, 0.6) is 0 Å². The van der Waals surface area contributed by atoms with Gasteiger partial charge in [-0.1, -0.05) is 6.92 Å². The molecule has 0 aromatic carbocycles. The van der Waals surface area contributed by atoms with Gasteiger partial charge in [0.2, 0.25) is 0 Å². The monoisotopic (exact) mass is 164 g/mol. The predicted molar refractivity (Wildman–Crippen MR) is 47.0 cm³/mol. The minimum Gasteiger partial charge on any atom is -0.326 e. The zero-order valence-electron chi connectivity index (χ0n) is 7.11. The van der Waals surface area contributed by atoms with Crippen LogP contribution in [0.15, 0.2) is 10.9 Å². The topological polar surface area (TPSA) is 44.9 Å². The summed E-state index contributed by atoms with van der Waals surface area (Å²) in [5.74, 6) is 0. The van der Waals surface area contributed by atoms with Crippen molar-refractivity contribution >= 4 is 0 Å². The maximum absolute atomic E-state index is 11.4. The average molecular weight is 164 g/mol. The largest absolute Gasteiger partial charge is 0.326 e. The number of fused-ring (bicyclic) bond motifs is 1. The number of aromatic nitrogens is 1. The molecule has 0 amide bonds. The van der Waals surface area contributed by atoms with E-state index in [1.165, 1.54) is 0 Å². The molecule has 3 nitrogen and oxygen atoms in total. The van der Waals surface area contributed by atoms with Gasteiger partial charge in [-0.05, 0) is 18.1 Å². The lowest BCUT2D eigenvalue weighted by atomic mass is 10.1. The third-order valence-corrected chi connectivity index (χ3v) is 2.28. The summed E-state index contributed by atoms with van der Waals surface area (Å²) in [6.45, 7) is 3.60. The zero-order valence-corrected chi connectivity index (χ0v) is 7.11. The molecule has 1 aliphatic rings. The van der Waals surface area contributed by atoms with Gasteiger partial charge in [-0.2, -0.15) is 0 Å². The van der Waals surface area contributed by atoms with Crippen LogP contribution in [0.2, 0.25) is 0 Å². The van der Waals surface area contributed by atoms with Crippen LogP contribution in [0.25, 0.3) is 0 Å². The third kappa shape index (κ3) is 1.06. The Balaban J connectivity index is 2.59. The SMILES string of the molecule is CCc1cc2c(c(=O)[nH]1)CNC2. The van der Waals surface area contributed by atoms with Crippen LogP contribution in [-0.2, 0) is 19.5 Å². The molecule has 0 saturated heterocycles. The first-order valence-electron chi connectivity index (χ1n) is 4.26. The van der Waals surface area contributed by atoms with Crippen molar-refractivity contribution in [2.24, 2.45) is 0 Å². The van der Waals surface area contributed by atoms with Gasteiger partial charge < -0.3 is 10.3 Å². The highest BCUT2D eigenvalue weighted by atomic mass is 16.1. The van der Waals surface area contributed by atoms with Gasteiger partial charge in [0, 0.05) is 24.3 Å². The van der Waals surface area contributed by atoms with Crippen LogP contribution in [0.1, 0.15) is 23.7 Å². The fourth-order valence-corrected chi connectivity index (χ4v) is 1.56. The van der Waals surface area contributed by atoms with Gasteiger partial charge in [0.25, 0.3) is 5.56 Å². The second-order valence-corrected chi connectivity index (χ2v) is 3.08. The first-order valence-corrected chi connectivity index (χ1v) is 4.26. The van der Waals surface area contributed by atoms with Gasteiger partial charge in [-0.3, -0.25) is 4.79 Å². The second kappa shape index (κ2) is 2.75. The normalized spacial score (nSPS) is 14.8. The first-order chi connectivity index (χ1) is 5.81. The van der Waals surface area contributed by atoms with Crippen molar-refractivity contribution in [2.45, 2.75) is 26.4 Å². The van der Waals surface area contributed by atoms with Gasteiger partial charge in [-0.25, -0.2) is 0 Å². The summed E-state index contributed by atoms with van der Waals surface area (Å²) >= 11 is 0. The van der Waals surface area contributed by atoms with Crippen molar-refractivity contribution in [2.75, 3.05) is 0 Å². The molecule has 0 atom stereocenters. The Kier molecular flexibility index (Phi) is 1.73. The molecule has 2 heterocycles. The molecule has 3 heteroatoms. The van der Waals surface area contributed by atoms with Crippen molar-refractivity contribution in [1.29, 1.82) is 0 Å². The van der Waals surface area contributed by atoms with E-state index in [4.69, 9.17) is 0 Å². The molecule has 0 radical (unpaired) electrons. The van der Waals surface area contributed by atoms with E-state index in [0.717, 1.165) is 29.8 Å². The van der Waals surface area contributed by atoms with Crippen molar-refractivity contribution in [3.63, 3.8) is 0 Å².